The third-order valence-electron chi connectivity index (χ3n) is 3.32. The SMILES string of the molecule is Nc1nc2c(CN3CC(CO)C3)c[nH]c2c(=O)[nH]1. The monoisotopic (exact) mass is 249 g/mol. The smallest absolute Gasteiger partial charge is 0.276 e. The van der Waals surface area contributed by atoms with Crippen LogP contribution in [0.3, 0.4) is 0 Å². The Hall–Kier alpha value is -1.86. The second-order valence-corrected chi connectivity index (χ2v) is 4.73. The standard InChI is InChI=1S/C11H15N5O2/c12-11-14-8-7(1-13-9(8)10(18)15-11)4-16-2-6(3-16)5-17/h1,6,13,17H,2-5H2,(H3,12,14,15,18). The van der Waals surface area contributed by atoms with Gasteiger partial charge in [-0.25, -0.2) is 4.98 Å². The predicted molar refractivity (Wildman–Crippen MR) is 67.0 cm³/mol. The number of likely N-dealkylation sites (tertiary alicyclic amines) is 1. The van der Waals surface area contributed by atoms with Gasteiger partial charge in [-0.05, 0) is 0 Å². The van der Waals surface area contributed by atoms with Crippen molar-refractivity contribution in [2.45, 2.75) is 6.54 Å². The largest absolute Gasteiger partial charge is 0.396 e. The molecule has 1 aliphatic rings. The Labute approximate surface area is 103 Å². The Morgan fingerprint density at radius 1 is 1.56 bits per heavy atom. The number of nitrogen functional groups attached to an aromatic ring is 1. The molecule has 0 atom stereocenters. The molecular weight excluding hydrogens is 234 g/mol. The molecule has 3 heterocycles. The number of aliphatic hydroxyl groups excluding tert-OH is 1. The fourth-order valence-electron chi connectivity index (χ4n) is 2.37. The zero-order valence-corrected chi connectivity index (χ0v) is 9.81. The summed E-state index contributed by atoms with van der Waals surface area (Å²) in [6, 6.07) is 0. The normalized spacial score (nSPS) is 17.2. The summed E-state index contributed by atoms with van der Waals surface area (Å²) in [4.78, 5) is 23.4. The van der Waals surface area contributed by atoms with Crippen molar-refractivity contribution in [3.8, 4) is 0 Å². The number of aliphatic hydroxyl groups is 1. The van der Waals surface area contributed by atoms with Crippen molar-refractivity contribution in [1.29, 1.82) is 0 Å². The number of rotatable bonds is 3. The summed E-state index contributed by atoms with van der Waals surface area (Å²) in [5.41, 5.74) is 7.34. The van der Waals surface area contributed by atoms with Gasteiger partial charge in [0, 0.05) is 43.9 Å². The Morgan fingerprint density at radius 3 is 3.06 bits per heavy atom. The maximum atomic E-state index is 11.6. The van der Waals surface area contributed by atoms with Gasteiger partial charge in [-0.15, -0.1) is 0 Å². The molecule has 7 nitrogen and oxygen atoms in total. The van der Waals surface area contributed by atoms with Gasteiger partial charge in [0.05, 0.1) is 0 Å². The van der Waals surface area contributed by atoms with E-state index in [0.717, 1.165) is 18.7 Å². The van der Waals surface area contributed by atoms with E-state index in [1.165, 1.54) is 0 Å². The van der Waals surface area contributed by atoms with E-state index in [4.69, 9.17) is 10.8 Å². The van der Waals surface area contributed by atoms with Gasteiger partial charge in [0.25, 0.3) is 5.56 Å². The highest BCUT2D eigenvalue weighted by atomic mass is 16.3. The second kappa shape index (κ2) is 4.11. The first-order chi connectivity index (χ1) is 8.67. The molecule has 0 bridgehead atoms. The Bertz CT molecular complexity index is 626. The number of hydrogen-bond acceptors (Lipinski definition) is 5. The van der Waals surface area contributed by atoms with Crippen LogP contribution in [-0.2, 0) is 6.54 Å². The Balaban J connectivity index is 1.87. The molecule has 96 valence electrons. The number of nitrogens with one attached hydrogen (secondary N) is 2. The lowest BCUT2D eigenvalue weighted by molar-refractivity contribution is 0.0482. The van der Waals surface area contributed by atoms with Crippen LogP contribution in [0.4, 0.5) is 5.95 Å². The number of H-pyrrole nitrogens is 2. The first-order valence-electron chi connectivity index (χ1n) is 5.86. The van der Waals surface area contributed by atoms with Crippen molar-refractivity contribution >= 4 is 17.0 Å². The molecule has 0 aromatic carbocycles. The fourth-order valence-corrected chi connectivity index (χ4v) is 2.37. The summed E-state index contributed by atoms with van der Waals surface area (Å²) in [6.07, 6.45) is 1.79. The maximum Gasteiger partial charge on any atom is 0.276 e. The molecule has 0 saturated carbocycles. The van der Waals surface area contributed by atoms with E-state index in [2.05, 4.69) is 19.9 Å². The number of hydrogen-bond donors (Lipinski definition) is 4. The van der Waals surface area contributed by atoms with E-state index in [1.807, 2.05) is 0 Å². The van der Waals surface area contributed by atoms with Crippen molar-refractivity contribution in [2.24, 2.45) is 5.92 Å². The first-order valence-corrected chi connectivity index (χ1v) is 5.86. The molecule has 2 aromatic rings. The summed E-state index contributed by atoms with van der Waals surface area (Å²) in [5, 5.41) is 8.97. The summed E-state index contributed by atoms with van der Waals surface area (Å²) in [7, 11) is 0. The van der Waals surface area contributed by atoms with Gasteiger partial charge in [0.15, 0.2) is 0 Å². The van der Waals surface area contributed by atoms with Gasteiger partial charge in [0.1, 0.15) is 11.0 Å². The lowest BCUT2D eigenvalue weighted by atomic mass is 10.0. The minimum absolute atomic E-state index is 0.130. The third kappa shape index (κ3) is 1.77. The molecule has 3 rings (SSSR count). The molecule has 2 aromatic heterocycles. The van der Waals surface area contributed by atoms with E-state index < -0.39 is 0 Å². The lowest BCUT2D eigenvalue weighted by Gasteiger charge is -2.38. The van der Waals surface area contributed by atoms with Crippen molar-refractivity contribution in [1.82, 2.24) is 19.9 Å². The molecule has 1 fully saturated rings. The van der Waals surface area contributed by atoms with Gasteiger partial charge in [-0.2, -0.15) is 0 Å². The maximum absolute atomic E-state index is 11.6. The zero-order valence-electron chi connectivity index (χ0n) is 9.81. The third-order valence-corrected chi connectivity index (χ3v) is 3.32. The molecule has 0 radical (unpaired) electrons. The van der Waals surface area contributed by atoms with Crippen molar-refractivity contribution in [3.63, 3.8) is 0 Å². The Morgan fingerprint density at radius 2 is 2.33 bits per heavy atom. The van der Waals surface area contributed by atoms with Crippen molar-refractivity contribution in [3.05, 3.63) is 22.1 Å². The fraction of sp³-hybridized carbons (Fsp3) is 0.455. The van der Waals surface area contributed by atoms with Crippen molar-refractivity contribution < 1.29 is 5.11 Å². The van der Waals surface area contributed by atoms with Gasteiger partial charge >= 0.3 is 0 Å². The summed E-state index contributed by atoms with van der Waals surface area (Å²) < 4.78 is 0. The molecule has 0 aliphatic carbocycles. The first kappa shape index (κ1) is 11.2. The van der Waals surface area contributed by atoms with Crippen LogP contribution in [0, 0.1) is 5.92 Å². The summed E-state index contributed by atoms with van der Waals surface area (Å²) in [5.74, 6) is 0.502. The number of nitrogens with two attached hydrogens (primary N) is 1. The summed E-state index contributed by atoms with van der Waals surface area (Å²) in [6.45, 7) is 2.70. The highest BCUT2D eigenvalue weighted by Gasteiger charge is 2.26. The topological polar surface area (TPSA) is 111 Å². The van der Waals surface area contributed by atoms with Crippen molar-refractivity contribution in [2.75, 3.05) is 25.4 Å². The van der Waals surface area contributed by atoms with Gasteiger partial charge < -0.3 is 15.8 Å². The molecule has 0 amide bonds. The van der Waals surface area contributed by atoms with E-state index in [1.54, 1.807) is 6.20 Å². The lowest BCUT2D eigenvalue weighted by Crippen LogP contribution is -2.47. The van der Waals surface area contributed by atoms with E-state index in [0.29, 0.717) is 23.5 Å². The predicted octanol–water partition coefficient (Wildman–Crippen LogP) is -0.743. The zero-order chi connectivity index (χ0) is 12.7. The quantitative estimate of drug-likeness (QED) is 0.572. The van der Waals surface area contributed by atoms with E-state index in [-0.39, 0.29) is 18.1 Å². The van der Waals surface area contributed by atoms with Gasteiger partial charge in [-0.3, -0.25) is 14.7 Å². The molecule has 7 heteroatoms. The van der Waals surface area contributed by atoms with Gasteiger partial charge in [0.2, 0.25) is 5.95 Å². The number of fused-ring (bicyclic) bond motifs is 1. The van der Waals surface area contributed by atoms with Crippen LogP contribution in [0.15, 0.2) is 11.0 Å². The molecule has 18 heavy (non-hydrogen) atoms. The molecule has 1 aliphatic heterocycles. The number of nitrogens with zero attached hydrogens (tertiary/aromatic N) is 2. The summed E-state index contributed by atoms with van der Waals surface area (Å²) >= 11 is 0. The van der Waals surface area contributed by atoms with Crippen LogP contribution < -0.4 is 11.3 Å². The van der Waals surface area contributed by atoms with Crippen LogP contribution >= 0.6 is 0 Å². The van der Waals surface area contributed by atoms with E-state index in [9.17, 15) is 4.79 Å². The van der Waals surface area contributed by atoms with Crippen LogP contribution in [-0.4, -0.2) is 44.7 Å². The number of aromatic amines is 2. The van der Waals surface area contributed by atoms with Gasteiger partial charge in [-0.1, -0.05) is 0 Å². The van der Waals surface area contributed by atoms with Crippen LogP contribution in [0.25, 0.3) is 11.0 Å². The molecular formula is C11H15N5O2. The highest BCUT2D eigenvalue weighted by molar-refractivity contribution is 5.78. The molecule has 0 unspecified atom stereocenters. The second-order valence-electron chi connectivity index (χ2n) is 4.73. The van der Waals surface area contributed by atoms with E-state index >= 15 is 0 Å². The van der Waals surface area contributed by atoms with Crippen LogP contribution in [0.1, 0.15) is 5.56 Å². The molecule has 5 N–H and O–H groups in total. The molecule has 0 spiro atoms. The molecule has 1 saturated heterocycles. The average molecular weight is 249 g/mol. The van der Waals surface area contributed by atoms with Crippen LogP contribution in [0.2, 0.25) is 0 Å². The van der Waals surface area contributed by atoms with Crippen LogP contribution in [0.5, 0.6) is 0 Å². The minimum Gasteiger partial charge on any atom is -0.396 e. The minimum atomic E-state index is -0.249. The number of anilines is 1. The average Bonchev–Trinajstić information content (AvgIpc) is 2.66. The Kier molecular flexibility index (Phi) is 2.57. The number of aromatic nitrogens is 3. The highest BCUT2D eigenvalue weighted by Crippen LogP contribution is 2.21.